The van der Waals surface area contributed by atoms with Crippen LogP contribution in [0, 0.1) is 13.8 Å². The molecule has 160 valence electrons. The molecular formula is C25H23N5O2. The van der Waals surface area contributed by atoms with Crippen LogP contribution >= 0.6 is 0 Å². The lowest BCUT2D eigenvalue weighted by Crippen LogP contribution is -2.03. The van der Waals surface area contributed by atoms with Crippen molar-refractivity contribution in [1.82, 2.24) is 19.7 Å². The minimum Gasteiger partial charge on any atom is -0.487 e. The van der Waals surface area contributed by atoms with Gasteiger partial charge in [0, 0.05) is 35.8 Å². The summed E-state index contributed by atoms with van der Waals surface area (Å²) in [4.78, 5) is 9.16. The van der Waals surface area contributed by atoms with Crippen molar-refractivity contribution < 1.29 is 9.15 Å². The molecule has 0 aliphatic rings. The van der Waals surface area contributed by atoms with E-state index in [9.17, 15) is 0 Å². The highest BCUT2D eigenvalue weighted by Crippen LogP contribution is 2.27. The number of hydrogen-bond acceptors (Lipinski definition) is 6. The third kappa shape index (κ3) is 4.18. The normalized spacial score (nSPS) is 11.1. The maximum atomic E-state index is 5.97. The summed E-state index contributed by atoms with van der Waals surface area (Å²) >= 11 is 0. The second kappa shape index (κ2) is 8.19. The summed E-state index contributed by atoms with van der Waals surface area (Å²) in [5.74, 6) is 2.18. The molecule has 0 atom stereocenters. The molecule has 7 heteroatoms. The molecule has 0 saturated carbocycles. The van der Waals surface area contributed by atoms with E-state index in [1.165, 1.54) is 0 Å². The van der Waals surface area contributed by atoms with Crippen LogP contribution < -0.4 is 10.1 Å². The minimum atomic E-state index is 0.452. The van der Waals surface area contributed by atoms with Crippen molar-refractivity contribution in [2.24, 2.45) is 7.05 Å². The topological polar surface area (TPSA) is 78.0 Å². The van der Waals surface area contributed by atoms with Gasteiger partial charge in [-0.3, -0.25) is 4.68 Å². The van der Waals surface area contributed by atoms with Crippen LogP contribution in [0.2, 0.25) is 0 Å². The number of rotatable bonds is 6. The summed E-state index contributed by atoms with van der Waals surface area (Å²) in [6.07, 6.45) is 1.69. The van der Waals surface area contributed by atoms with Gasteiger partial charge in [0.25, 0.3) is 0 Å². The Balaban J connectivity index is 1.35. The van der Waals surface area contributed by atoms with Gasteiger partial charge in [0.2, 0.25) is 0 Å². The summed E-state index contributed by atoms with van der Waals surface area (Å²) in [7, 11) is 1.92. The lowest BCUT2D eigenvalue weighted by atomic mass is 10.1. The standard InChI is InChI=1S/C25H23N5O2/c1-16-11-21(30(3)29-16)15-32-22-6-4-5-20(13-22)28-25-14-23(26-17(2)27-25)18-7-8-24-19(12-18)9-10-31-24/h4-14H,15H2,1-3H3,(H,26,27,28). The number of nitrogens with one attached hydrogen (secondary N) is 1. The molecule has 0 bridgehead atoms. The fraction of sp³-hybridized carbons (Fsp3) is 0.160. The predicted molar refractivity (Wildman–Crippen MR) is 124 cm³/mol. The van der Waals surface area contributed by atoms with E-state index in [0.29, 0.717) is 12.4 Å². The molecule has 0 fully saturated rings. The molecule has 2 aromatic carbocycles. The second-order valence-electron chi connectivity index (χ2n) is 7.70. The fourth-order valence-electron chi connectivity index (χ4n) is 3.67. The van der Waals surface area contributed by atoms with Gasteiger partial charge >= 0.3 is 0 Å². The van der Waals surface area contributed by atoms with E-state index in [1.54, 1.807) is 6.26 Å². The van der Waals surface area contributed by atoms with Gasteiger partial charge in [-0.05, 0) is 56.3 Å². The van der Waals surface area contributed by atoms with Crippen molar-refractivity contribution in [2.75, 3.05) is 5.32 Å². The van der Waals surface area contributed by atoms with Gasteiger partial charge in [-0.15, -0.1) is 0 Å². The molecule has 32 heavy (non-hydrogen) atoms. The van der Waals surface area contributed by atoms with Crippen LogP contribution in [0.1, 0.15) is 17.2 Å². The van der Waals surface area contributed by atoms with Gasteiger partial charge in [0.15, 0.2) is 0 Å². The number of anilines is 2. The third-order valence-corrected chi connectivity index (χ3v) is 5.18. The Morgan fingerprint density at radius 3 is 2.75 bits per heavy atom. The zero-order valence-corrected chi connectivity index (χ0v) is 18.2. The van der Waals surface area contributed by atoms with E-state index in [4.69, 9.17) is 9.15 Å². The highest BCUT2D eigenvalue weighted by molar-refractivity contribution is 5.83. The lowest BCUT2D eigenvalue weighted by molar-refractivity contribution is 0.295. The molecule has 0 amide bonds. The quantitative estimate of drug-likeness (QED) is 0.384. The molecule has 7 nitrogen and oxygen atoms in total. The molecule has 0 aliphatic carbocycles. The monoisotopic (exact) mass is 425 g/mol. The average Bonchev–Trinajstić information content (AvgIpc) is 3.37. The molecule has 5 rings (SSSR count). The first-order valence-electron chi connectivity index (χ1n) is 10.4. The Morgan fingerprint density at radius 1 is 1.00 bits per heavy atom. The van der Waals surface area contributed by atoms with Gasteiger partial charge in [0.1, 0.15) is 29.6 Å². The number of fused-ring (bicyclic) bond motifs is 1. The molecule has 0 radical (unpaired) electrons. The second-order valence-corrected chi connectivity index (χ2v) is 7.70. The molecule has 0 unspecified atom stereocenters. The Morgan fingerprint density at radius 2 is 1.91 bits per heavy atom. The Hall–Kier alpha value is -4.13. The van der Waals surface area contributed by atoms with Crippen molar-refractivity contribution in [3.05, 3.63) is 84.1 Å². The predicted octanol–water partition coefficient (Wildman–Crippen LogP) is 5.56. The van der Waals surface area contributed by atoms with E-state index in [0.717, 1.165) is 50.9 Å². The highest BCUT2D eigenvalue weighted by Gasteiger charge is 2.08. The van der Waals surface area contributed by atoms with Crippen LogP contribution in [0.4, 0.5) is 11.5 Å². The maximum absolute atomic E-state index is 5.97. The van der Waals surface area contributed by atoms with E-state index < -0.39 is 0 Å². The highest BCUT2D eigenvalue weighted by atomic mass is 16.5. The number of nitrogens with zero attached hydrogens (tertiary/aromatic N) is 4. The first-order valence-corrected chi connectivity index (χ1v) is 10.4. The van der Waals surface area contributed by atoms with Crippen molar-refractivity contribution >= 4 is 22.5 Å². The number of ether oxygens (including phenoxy) is 1. The van der Waals surface area contributed by atoms with Crippen molar-refractivity contribution in [1.29, 1.82) is 0 Å². The van der Waals surface area contributed by atoms with Crippen LogP contribution in [-0.2, 0) is 13.7 Å². The zero-order chi connectivity index (χ0) is 22.1. The Labute approximate surface area is 185 Å². The number of furan rings is 1. The van der Waals surface area contributed by atoms with Crippen molar-refractivity contribution in [2.45, 2.75) is 20.5 Å². The van der Waals surface area contributed by atoms with Gasteiger partial charge in [-0.25, -0.2) is 9.97 Å². The van der Waals surface area contributed by atoms with Crippen molar-refractivity contribution in [3.8, 4) is 17.0 Å². The zero-order valence-electron chi connectivity index (χ0n) is 18.2. The SMILES string of the molecule is Cc1cc(COc2cccc(Nc3cc(-c4ccc5occc5c4)nc(C)n3)c2)n(C)n1. The molecule has 0 saturated heterocycles. The minimum absolute atomic E-state index is 0.452. The summed E-state index contributed by atoms with van der Waals surface area (Å²) in [5.41, 5.74) is 5.60. The molecule has 5 aromatic rings. The summed E-state index contributed by atoms with van der Waals surface area (Å²) < 4.78 is 13.2. The molecule has 3 heterocycles. The number of benzene rings is 2. The van der Waals surface area contributed by atoms with Crippen molar-refractivity contribution in [3.63, 3.8) is 0 Å². The molecular weight excluding hydrogens is 402 g/mol. The third-order valence-electron chi connectivity index (χ3n) is 5.18. The first-order chi connectivity index (χ1) is 15.5. The molecule has 3 aromatic heterocycles. The summed E-state index contributed by atoms with van der Waals surface area (Å²) in [6, 6.07) is 19.8. The smallest absolute Gasteiger partial charge is 0.134 e. The van der Waals surface area contributed by atoms with Gasteiger partial charge < -0.3 is 14.5 Å². The lowest BCUT2D eigenvalue weighted by Gasteiger charge is -2.11. The fourth-order valence-corrected chi connectivity index (χ4v) is 3.67. The maximum Gasteiger partial charge on any atom is 0.134 e. The average molecular weight is 425 g/mol. The van der Waals surface area contributed by atoms with Crippen LogP contribution in [0.25, 0.3) is 22.2 Å². The summed E-state index contributed by atoms with van der Waals surface area (Å²) in [6.45, 7) is 4.31. The van der Waals surface area contributed by atoms with Gasteiger partial charge in [-0.1, -0.05) is 6.07 Å². The van der Waals surface area contributed by atoms with Crippen LogP contribution in [0.15, 0.2) is 71.3 Å². The molecule has 1 N–H and O–H groups in total. The summed E-state index contributed by atoms with van der Waals surface area (Å²) in [5, 5.41) is 8.77. The van der Waals surface area contributed by atoms with Crippen LogP contribution in [-0.4, -0.2) is 19.7 Å². The Kier molecular flexibility index (Phi) is 5.07. The van der Waals surface area contributed by atoms with E-state index in [1.807, 2.05) is 80.2 Å². The first kappa shape index (κ1) is 19.8. The van der Waals surface area contributed by atoms with Gasteiger partial charge in [-0.2, -0.15) is 5.10 Å². The van der Waals surface area contributed by atoms with Crippen LogP contribution in [0.3, 0.4) is 0 Å². The largest absolute Gasteiger partial charge is 0.487 e. The number of aryl methyl sites for hydroxylation is 3. The molecule has 0 aliphatic heterocycles. The number of hydrogen-bond donors (Lipinski definition) is 1. The molecule has 0 spiro atoms. The van der Waals surface area contributed by atoms with Gasteiger partial charge in [0.05, 0.1) is 23.3 Å². The number of aromatic nitrogens is 4. The van der Waals surface area contributed by atoms with E-state index in [-0.39, 0.29) is 0 Å². The van der Waals surface area contributed by atoms with E-state index in [2.05, 4.69) is 26.4 Å². The van der Waals surface area contributed by atoms with Crippen LogP contribution in [0.5, 0.6) is 5.75 Å². The van der Waals surface area contributed by atoms with E-state index >= 15 is 0 Å². The Bertz CT molecular complexity index is 1400.